The second-order valence-corrected chi connectivity index (χ2v) is 5.98. The van der Waals surface area contributed by atoms with Gasteiger partial charge in [0.15, 0.2) is 0 Å². The number of hydrogen-bond acceptors (Lipinski definition) is 2. The molecule has 1 aliphatic rings. The van der Waals surface area contributed by atoms with Gasteiger partial charge >= 0.3 is 0 Å². The van der Waals surface area contributed by atoms with Crippen LogP contribution in [0.5, 0.6) is 0 Å². The smallest absolute Gasteiger partial charge is 0.0996 e. The predicted octanol–water partition coefficient (Wildman–Crippen LogP) is 4.48. The van der Waals surface area contributed by atoms with Crippen molar-refractivity contribution in [2.45, 2.75) is 45.1 Å². The lowest BCUT2D eigenvalue weighted by Gasteiger charge is -2.34. The van der Waals surface area contributed by atoms with Gasteiger partial charge in [-0.3, -0.25) is 4.98 Å². The number of nitrogens with zero attached hydrogens (tertiary/aromatic N) is 1. The zero-order valence-electron chi connectivity index (χ0n) is 12.1. The third kappa shape index (κ3) is 2.45. The number of aromatic nitrogens is 1. The van der Waals surface area contributed by atoms with Crippen LogP contribution in [-0.2, 0) is 0 Å². The van der Waals surface area contributed by atoms with E-state index < -0.39 is 6.10 Å². The summed E-state index contributed by atoms with van der Waals surface area (Å²) in [5.74, 6) is 1.01. The Morgan fingerprint density at radius 1 is 1.20 bits per heavy atom. The van der Waals surface area contributed by atoms with E-state index in [1.807, 2.05) is 24.4 Å². The molecule has 1 aliphatic carbocycles. The molecule has 1 N–H and O–H groups in total. The molecule has 0 bridgehead atoms. The molecule has 3 rings (SSSR count). The van der Waals surface area contributed by atoms with Crippen molar-refractivity contribution >= 4 is 10.8 Å². The largest absolute Gasteiger partial charge is 0.386 e. The zero-order chi connectivity index (χ0) is 13.9. The van der Waals surface area contributed by atoms with E-state index in [0.29, 0.717) is 11.8 Å². The molecule has 1 saturated carbocycles. The topological polar surface area (TPSA) is 33.1 Å². The number of aliphatic hydroxyl groups is 1. The fourth-order valence-corrected chi connectivity index (χ4v) is 3.74. The molecule has 20 heavy (non-hydrogen) atoms. The first-order valence-electron chi connectivity index (χ1n) is 7.83. The molecule has 3 unspecified atom stereocenters. The van der Waals surface area contributed by atoms with Gasteiger partial charge in [0.1, 0.15) is 0 Å². The first-order valence-corrected chi connectivity index (χ1v) is 7.83. The van der Waals surface area contributed by atoms with Crippen LogP contribution in [0.15, 0.2) is 36.5 Å². The second-order valence-electron chi connectivity index (χ2n) is 5.98. The van der Waals surface area contributed by atoms with E-state index >= 15 is 0 Å². The summed E-state index contributed by atoms with van der Waals surface area (Å²) in [6.07, 6.45) is 7.49. The summed E-state index contributed by atoms with van der Waals surface area (Å²) < 4.78 is 0. The molecule has 1 fully saturated rings. The number of rotatable bonds is 3. The number of benzene rings is 1. The van der Waals surface area contributed by atoms with Gasteiger partial charge in [0, 0.05) is 11.6 Å². The average molecular weight is 269 g/mol. The monoisotopic (exact) mass is 269 g/mol. The van der Waals surface area contributed by atoms with E-state index in [1.54, 1.807) is 0 Å². The first-order chi connectivity index (χ1) is 9.81. The van der Waals surface area contributed by atoms with Crippen LogP contribution >= 0.6 is 0 Å². The fourth-order valence-electron chi connectivity index (χ4n) is 3.74. The van der Waals surface area contributed by atoms with Crippen molar-refractivity contribution in [3.05, 3.63) is 42.2 Å². The Balaban J connectivity index is 1.97. The average Bonchev–Trinajstić information content (AvgIpc) is 2.53. The highest BCUT2D eigenvalue weighted by Crippen LogP contribution is 2.41. The van der Waals surface area contributed by atoms with Crippen LogP contribution in [0, 0.1) is 11.8 Å². The Morgan fingerprint density at radius 3 is 2.85 bits per heavy atom. The summed E-state index contributed by atoms with van der Waals surface area (Å²) in [7, 11) is 0. The Bertz CT molecular complexity index is 575. The van der Waals surface area contributed by atoms with Crippen LogP contribution in [0.4, 0.5) is 0 Å². The number of pyridine rings is 1. The molecule has 2 heteroatoms. The summed E-state index contributed by atoms with van der Waals surface area (Å²) in [5, 5.41) is 13.1. The number of hydrogen-bond donors (Lipinski definition) is 1. The molecule has 2 nitrogen and oxygen atoms in total. The highest BCUT2D eigenvalue weighted by molar-refractivity contribution is 5.84. The molecule has 0 amide bonds. The molecule has 1 aromatic carbocycles. The Kier molecular flexibility index (Phi) is 4.02. The van der Waals surface area contributed by atoms with Crippen LogP contribution in [0.1, 0.15) is 50.8 Å². The third-order valence-corrected chi connectivity index (χ3v) is 4.88. The molecule has 2 aromatic rings. The van der Waals surface area contributed by atoms with Gasteiger partial charge < -0.3 is 5.11 Å². The molecular formula is C18H23NO. The van der Waals surface area contributed by atoms with Gasteiger partial charge in [-0.25, -0.2) is 0 Å². The predicted molar refractivity (Wildman–Crippen MR) is 82.4 cm³/mol. The van der Waals surface area contributed by atoms with Crippen molar-refractivity contribution in [3.8, 4) is 0 Å². The van der Waals surface area contributed by atoms with Gasteiger partial charge in [-0.05, 0) is 29.7 Å². The summed E-state index contributed by atoms with van der Waals surface area (Å²) in [4.78, 5) is 4.50. The van der Waals surface area contributed by atoms with E-state index in [0.717, 1.165) is 23.9 Å². The lowest BCUT2D eigenvalue weighted by Crippen LogP contribution is -2.26. The molecule has 0 radical (unpaired) electrons. The molecule has 0 aliphatic heterocycles. The minimum Gasteiger partial charge on any atom is -0.386 e. The van der Waals surface area contributed by atoms with E-state index in [-0.39, 0.29) is 0 Å². The van der Waals surface area contributed by atoms with Crippen LogP contribution in [0.25, 0.3) is 10.8 Å². The summed E-state index contributed by atoms with van der Waals surface area (Å²) in [5.41, 5.74) is 0.869. The maximum Gasteiger partial charge on any atom is 0.0996 e. The molecule has 0 saturated heterocycles. The van der Waals surface area contributed by atoms with Gasteiger partial charge in [0.2, 0.25) is 0 Å². The lowest BCUT2D eigenvalue weighted by atomic mass is 9.74. The van der Waals surface area contributed by atoms with Crippen molar-refractivity contribution < 1.29 is 5.11 Å². The summed E-state index contributed by atoms with van der Waals surface area (Å²) in [6, 6.07) is 10.2. The molecule has 106 valence electrons. The maximum atomic E-state index is 10.9. The third-order valence-electron chi connectivity index (χ3n) is 4.88. The SMILES string of the molecule is CCC1CCCCC1C(O)c1nccc2ccccc12. The Hall–Kier alpha value is -1.41. The molecule has 3 atom stereocenters. The van der Waals surface area contributed by atoms with Gasteiger partial charge in [-0.15, -0.1) is 0 Å². The van der Waals surface area contributed by atoms with Crippen molar-refractivity contribution in [1.29, 1.82) is 0 Å². The van der Waals surface area contributed by atoms with E-state index in [1.165, 1.54) is 24.6 Å². The minimum absolute atomic E-state index is 0.368. The van der Waals surface area contributed by atoms with E-state index in [4.69, 9.17) is 0 Å². The molecule has 1 heterocycles. The van der Waals surface area contributed by atoms with Gasteiger partial charge in [0.25, 0.3) is 0 Å². The van der Waals surface area contributed by atoms with Crippen LogP contribution in [-0.4, -0.2) is 10.1 Å². The molecular weight excluding hydrogens is 246 g/mol. The Labute approximate surface area is 120 Å². The van der Waals surface area contributed by atoms with E-state index in [2.05, 4.69) is 24.0 Å². The van der Waals surface area contributed by atoms with Gasteiger partial charge in [0.05, 0.1) is 11.8 Å². The molecule has 0 spiro atoms. The normalized spacial score (nSPS) is 24.7. The lowest BCUT2D eigenvalue weighted by molar-refractivity contribution is 0.0433. The van der Waals surface area contributed by atoms with E-state index in [9.17, 15) is 5.11 Å². The van der Waals surface area contributed by atoms with Crippen LogP contribution in [0.3, 0.4) is 0 Å². The fraction of sp³-hybridized carbons (Fsp3) is 0.500. The maximum absolute atomic E-state index is 10.9. The van der Waals surface area contributed by atoms with Crippen molar-refractivity contribution in [1.82, 2.24) is 4.98 Å². The summed E-state index contributed by atoms with van der Waals surface area (Å²) in [6.45, 7) is 2.24. The highest BCUT2D eigenvalue weighted by atomic mass is 16.3. The van der Waals surface area contributed by atoms with Crippen molar-refractivity contribution in [2.75, 3.05) is 0 Å². The quantitative estimate of drug-likeness (QED) is 0.891. The zero-order valence-corrected chi connectivity index (χ0v) is 12.1. The minimum atomic E-state index is -0.425. The van der Waals surface area contributed by atoms with Crippen LogP contribution in [0.2, 0.25) is 0 Å². The first kappa shape index (κ1) is 13.6. The molecule has 1 aromatic heterocycles. The standard InChI is InChI=1S/C18H23NO/c1-2-13-7-3-6-10-16(13)18(20)17-15-9-5-4-8-14(15)11-12-19-17/h4-5,8-9,11-13,16,18,20H,2-3,6-7,10H2,1H3. The highest BCUT2D eigenvalue weighted by Gasteiger charge is 2.31. The Morgan fingerprint density at radius 2 is 2.00 bits per heavy atom. The number of aliphatic hydroxyl groups excluding tert-OH is 1. The van der Waals surface area contributed by atoms with Crippen molar-refractivity contribution in [3.63, 3.8) is 0 Å². The van der Waals surface area contributed by atoms with Gasteiger partial charge in [-0.2, -0.15) is 0 Å². The van der Waals surface area contributed by atoms with Gasteiger partial charge in [-0.1, -0.05) is 56.9 Å². The summed E-state index contributed by atoms with van der Waals surface area (Å²) >= 11 is 0. The number of fused-ring (bicyclic) bond motifs is 1. The van der Waals surface area contributed by atoms with Crippen molar-refractivity contribution in [2.24, 2.45) is 11.8 Å². The van der Waals surface area contributed by atoms with Crippen LogP contribution < -0.4 is 0 Å². The second kappa shape index (κ2) is 5.92.